The number of para-hydroxylation sites is 1. The molecule has 3 amide bonds. The highest BCUT2D eigenvalue weighted by atomic mass is 16.2. The third-order valence-electron chi connectivity index (χ3n) is 4.04. The molecule has 0 aliphatic carbocycles. The van der Waals surface area contributed by atoms with Gasteiger partial charge >= 0.3 is 0 Å². The van der Waals surface area contributed by atoms with Crippen LogP contribution in [0, 0.1) is 5.41 Å². The van der Waals surface area contributed by atoms with Crippen molar-refractivity contribution in [2.75, 3.05) is 18.4 Å². The van der Waals surface area contributed by atoms with Crippen LogP contribution in [0.25, 0.3) is 0 Å². The third kappa shape index (κ3) is 5.89. The van der Waals surface area contributed by atoms with Crippen LogP contribution in [0.1, 0.15) is 40.0 Å². The lowest BCUT2D eigenvalue weighted by atomic mass is 9.92. The smallest absolute Gasteiger partial charge is 0.247 e. The van der Waals surface area contributed by atoms with E-state index in [2.05, 4.69) is 10.6 Å². The van der Waals surface area contributed by atoms with E-state index in [9.17, 15) is 14.4 Å². The highest BCUT2D eigenvalue weighted by molar-refractivity contribution is 5.98. The quantitative estimate of drug-likeness (QED) is 0.858. The van der Waals surface area contributed by atoms with Crippen LogP contribution in [0.5, 0.6) is 0 Å². The number of carbonyl (C=O) groups excluding carboxylic acids is 3. The predicted molar refractivity (Wildman–Crippen MR) is 96.9 cm³/mol. The van der Waals surface area contributed by atoms with Crippen LogP contribution in [0.4, 0.5) is 5.69 Å². The van der Waals surface area contributed by atoms with Crippen molar-refractivity contribution in [3.8, 4) is 0 Å². The van der Waals surface area contributed by atoms with Gasteiger partial charge in [0.05, 0.1) is 6.54 Å². The molecule has 1 aliphatic rings. The van der Waals surface area contributed by atoms with Gasteiger partial charge in [0.25, 0.3) is 0 Å². The van der Waals surface area contributed by atoms with Crippen molar-refractivity contribution in [3.05, 3.63) is 30.3 Å². The molecular formula is C19H27N3O3. The Morgan fingerprint density at radius 2 is 1.84 bits per heavy atom. The van der Waals surface area contributed by atoms with E-state index in [-0.39, 0.29) is 29.7 Å². The number of rotatable bonds is 5. The molecule has 0 spiro atoms. The molecule has 2 rings (SSSR count). The van der Waals surface area contributed by atoms with Gasteiger partial charge in [-0.15, -0.1) is 0 Å². The number of likely N-dealkylation sites (tertiary alicyclic amines) is 1. The maximum atomic E-state index is 12.5. The molecule has 0 unspecified atom stereocenters. The molecule has 1 saturated heterocycles. The van der Waals surface area contributed by atoms with Gasteiger partial charge in [-0.05, 0) is 30.4 Å². The summed E-state index contributed by atoms with van der Waals surface area (Å²) in [5, 5.41) is 5.51. The lowest BCUT2D eigenvalue weighted by molar-refractivity contribution is -0.137. The van der Waals surface area contributed by atoms with Crippen LogP contribution in [0.2, 0.25) is 0 Å². The number of anilines is 1. The largest absolute Gasteiger partial charge is 0.347 e. The lowest BCUT2D eigenvalue weighted by Gasteiger charge is -2.24. The normalized spacial score (nSPS) is 17.2. The van der Waals surface area contributed by atoms with E-state index in [1.807, 2.05) is 51.1 Å². The summed E-state index contributed by atoms with van der Waals surface area (Å²) in [6.07, 6.45) is 1.78. The molecule has 0 aromatic heterocycles. The molecule has 25 heavy (non-hydrogen) atoms. The predicted octanol–water partition coefficient (Wildman–Crippen LogP) is 2.17. The van der Waals surface area contributed by atoms with Crippen molar-refractivity contribution >= 4 is 23.4 Å². The zero-order valence-electron chi connectivity index (χ0n) is 15.2. The van der Waals surface area contributed by atoms with Gasteiger partial charge in [-0.1, -0.05) is 39.0 Å². The van der Waals surface area contributed by atoms with Crippen molar-refractivity contribution in [3.63, 3.8) is 0 Å². The van der Waals surface area contributed by atoms with E-state index in [4.69, 9.17) is 0 Å². The van der Waals surface area contributed by atoms with E-state index in [1.54, 1.807) is 4.90 Å². The first-order chi connectivity index (χ1) is 11.8. The van der Waals surface area contributed by atoms with Crippen molar-refractivity contribution in [2.45, 2.75) is 46.1 Å². The summed E-state index contributed by atoms with van der Waals surface area (Å²) in [4.78, 5) is 38.3. The number of hydrogen-bond donors (Lipinski definition) is 2. The SMILES string of the molecule is CC(C)(C)CC(=O)NCC(=O)N1CCC[C@H]1C(=O)Nc1ccccc1. The Morgan fingerprint density at radius 3 is 2.48 bits per heavy atom. The number of benzene rings is 1. The molecule has 1 heterocycles. The zero-order chi connectivity index (χ0) is 18.4. The van der Waals surface area contributed by atoms with Gasteiger partial charge in [0, 0.05) is 18.7 Å². The number of nitrogens with one attached hydrogen (secondary N) is 2. The van der Waals surface area contributed by atoms with Crippen LogP contribution in [0.3, 0.4) is 0 Å². The Labute approximate surface area is 149 Å². The van der Waals surface area contributed by atoms with Gasteiger partial charge in [-0.25, -0.2) is 0 Å². The molecular weight excluding hydrogens is 318 g/mol. The number of nitrogens with zero attached hydrogens (tertiary/aromatic N) is 1. The summed E-state index contributed by atoms with van der Waals surface area (Å²) < 4.78 is 0. The van der Waals surface area contributed by atoms with E-state index < -0.39 is 6.04 Å². The third-order valence-corrected chi connectivity index (χ3v) is 4.04. The first-order valence-corrected chi connectivity index (χ1v) is 8.68. The Kier molecular flexibility index (Phi) is 6.17. The molecule has 1 aliphatic heterocycles. The fourth-order valence-electron chi connectivity index (χ4n) is 2.90. The fourth-order valence-corrected chi connectivity index (χ4v) is 2.90. The second-order valence-electron chi connectivity index (χ2n) is 7.61. The van der Waals surface area contributed by atoms with Crippen LogP contribution < -0.4 is 10.6 Å². The Morgan fingerprint density at radius 1 is 1.16 bits per heavy atom. The second-order valence-corrected chi connectivity index (χ2v) is 7.61. The monoisotopic (exact) mass is 345 g/mol. The zero-order valence-corrected chi connectivity index (χ0v) is 15.2. The molecule has 1 aromatic rings. The highest BCUT2D eigenvalue weighted by Gasteiger charge is 2.34. The molecule has 0 saturated carbocycles. The Hall–Kier alpha value is -2.37. The average Bonchev–Trinajstić information content (AvgIpc) is 3.01. The minimum atomic E-state index is -0.479. The molecule has 6 heteroatoms. The summed E-state index contributed by atoms with van der Waals surface area (Å²) in [5.74, 6) is -0.545. The molecule has 6 nitrogen and oxygen atoms in total. The van der Waals surface area contributed by atoms with E-state index in [0.29, 0.717) is 25.1 Å². The number of carbonyl (C=O) groups is 3. The maximum Gasteiger partial charge on any atom is 0.247 e. The highest BCUT2D eigenvalue weighted by Crippen LogP contribution is 2.20. The van der Waals surface area contributed by atoms with E-state index in [0.717, 1.165) is 6.42 Å². The molecule has 1 atom stereocenters. The number of hydrogen-bond acceptors (Lipinski definition) is 3. The fraction of sp³-hybridized carbons (Fsp3) is 0.526. The molecule has 2 N–H and O–H groups in total. The van der Waals surface area contributed by atoms with E-state index >= 15 is 0 Å². The Bertz CT molecular complexity index is 623. The van der Waals surface area contributed by atoms with E-state index in [1.165, 1.54) is 0 Å². The van der Waals surface area contributed by atoms with Crippen molar-refractivity contribution < 1.29 is 14.4 Å². The standard InChI is InChI=1S/C19H27N3O3/c1-19(2,3)12-16(23)20-13-17(24)22-11-7-10-15(22)18(25)21-14-8-5-4-6-9-14/h4-6,8-9,15H,7,10-13H2,1-3H3,(H,20,23)(H,21,25)/t15-/m0/s1. The van der Waals surface area contributed by atoms with Gasteiger partial charge in [-0.3, -0.25) is 14.4 Å². The topological polar surface area (TPSA) is 78.5 Å². The van der Waals surface area contributed by atoms with Gasteiger partial charge in [0.15, 0.2) is 0 Å². The molecule has 136 valence electrons. The van der Waals surface area contributed by atoms with Gasteiger partial charge < -0.3 is 15.5 Å². The van der Waals surface area contributed by atoms with Crippen LogP contribution in [0.15, 0.2) is 30.3 Å². The Balaban J connectivity index is 1.88. The van der Waals surface area contributed by atoms with Crippen molar-refractivity contribution in [1.29, 1.82) is 0 Å². The molecule has 1 aromatic carbocycles. The summed E-state index contributed by atoms with van der Waals surface area (Å²) >= 11 is 0. The molecule has 0 radical (unpaired) electrons. The number of amides is 3. The summed E-state index contributed by atoms with van der Waals surface area (Å²) in [5.41, 5.74) is 0.587. The summed E-state index contributed by atoms with van der Waals surface area (Å²) in [6, 6.07) is 8.71. The second kappa shape index (κ2) is 8.14. The van der Waals surface area contributed by atoms with Gasteiger partial charge in [-0.2, -0.15) is 0 Å². The van der Waals surface area contributed by atoms with Crippen LogP contribution in [-0.4, -0.2) is 41.8 Å². The lowest BCUT2D eigenvalue weighted by Crippen LogP contribution is -2.47. The average molecular weight is 345 g/mol. The summed E-state index contributed by atoms with van der Waals surface area (Å²) in [7, 11) is 0. The first kappa shape index (κ1) is 19.0. The molecule has 0 bridgehead atoms. The minimum absolute atomic E-state index is 0.0654. The van der Waals surface area contributed by atoms with Gasteiger partial charge in [0.2, 0.25) is 17.7 Å². The minimum Gasteiger partial charge on any atom is -0.347 e. The van der Waals surface area contributed by atoms with Crippen molar-refractivity contribution in [2.24, 2.45) is 5.41 Å². The van der Waals surface area contributed by atoms with Crippen molar-refractivity contribution in [1.82, 2.24) is 10.2 Å². The molecule has 1 fully saturated rings. The first-order valence-electron chi connectivity index (χ1n) is 8.68. The van der Waals surface area contributed by atoms with Crippen LogP contribution >= 0.6 is 0 Å². The van der Waals surface area contributed by atoms with Gasteiger partial charge in [0.1, 0.15) is 6.04 Å². The maximum absolute atomic E-state index is 12.5. The summed E-state index contributed by atoms with van der Waals surface area (Å²) in [6.45, 7) is 6.39. The van der Waals surface area contributed by atoms with Crippen LogP contribution in [-0.2, 0) is 14.4 Å².